The van der Waals surface area contributed by atoms with Crippen LogP contribution in [-0.4, -0.2) is 45.7 Å². The number of likely N-dealkylation sites (N-methyl/N-ethyl adjacent to an activating group) is 1. The van der Waals surface area contributed by atoms with Crippen LogP contribution in [0.5, 0.6) is 0 Å². The fourth-order valence-corrected chi connectivity index (χ4v) is 2.25. The molecule has 6 heteroatoms. The third-order valence-corrected chi connectivity index (χ3v) is 3.69. The average Bonchev–Trinajstić information content (AvgIpc) is 2.97. The van der Waals surface area contributed by atoms with Gasteiger partial charge in [0.25, 0.3) is 0 Å². The SMILES string of the molecule is Cc1cccc(NC(=O)CN(C)CCCn2cncn2)c1C. The van der Waals surface area contributed by atoms with Crippen molar-refractivity contribution < 1.29 is 4.79 Å². The van der Waals surface area contributed by atoms with Gasteiger partial charge in [0.05, 0.1) is 6.54 Å². The van der Waals surface area contributed by atoms with E-state index in [1.807, 2.05) is 44.0 Å². The van der Waals surface area contributed by atoms with Crippen molar-refractivity contribution in [3.8, 4) is 0 Å². The van der Waals surface area contributed by atoms with Crippen LogP contribution in [0.1, 0.15) is 17.5 Å². The Morgan fingerprint density at radius 2 is 2.18 bits per heavy atom. The first kappa shape index (κ1) is 16.2. The van der Waals surface area contributed by atoms with Gasteiger partial charge < -0.3 is 5.32 Å². The second-order valence-electron chi connectivity index (χ2n) is 5.55. The maximum atomic E-state index is 12.1. The number of amides is 1. The van der Waals surface area contributed by atoms with Crippen LogP contribution in [0.3, 0.4) is 0 Å². The van der Waals surface area contributed by atoms with Gasteiger partial charge in [-0.1, -0.05) is 12.1 Å². The summed E-state index contributed by atoms with van der Waals surface area (Å²) < 4.78 is 1.80. The quantitative estimate of drug-likeness (QED) is 0.848. The number of nitrogens with one attached hydrogen (secondary N) is 1. The summed E-state index contributed by atoms with van der Waals surface area (Å²) in [7, 11) is 1.95. The first-order valence-electron chi connectivity index (χ1n) is 7.43. The van der Waals surface area contributed by atoms with Gasteiger partial charge in [-0.3, -0.25) is 14.4 Å². The van der Waals surface area contributed by atoms with Crippen molar-refractivity contribution in [3.05, 3.63) is 42.0 Å². The Labute approximate surface area is 131 Å². The molecule has 0 atom stereocenters. The summed E-state index contributed by atoms with van der Waals surface area (Å²) in [6, 6.07) is 5.94. The second-order valence-corrected chi connectivity index (χ2v) is 5.55. The largest absolute Gasteiger partial charge is 0.325 e. The molecule has 0 radical (unpaired) electrons. The third kappa shape index (κ3) is 4.66. The molecule has 1 N–H and O–H groups in total. The van der Waals surface area contributed by atoms with Crippen LogP contribution >= 0.6 is 0 Å². The Hall–Kier alpha value is -2.21. The maximum Gasteiger partial charge on any atom is 0.238 e. The number of nitrogens with zero attached hydrogens (tertiary/aromatic N) is 4. The van der Waals surface area contributed by atoms with Crippen molar-refractivity contribution in [2.75, 3.05) is 25.5 Å². The molecule has 2 rings (SSSR count). The molecule has 22 heavy (non-hydrogen) atoms. The Morgan fingerprint density at radius 3 is 2.91 bits per heavy atom. The Kier molecular flexibility index (Phi) is 5.66. The van der Waals surface area contributed by atoms with Gasteiger partial charge in [0.1, 0.15) is 12.7 Å². The summed E-state index contributed by atoms with van der Waals surface area (Å²) in [5.74, 6) is 0.0111. The minimum absolute atomic E-state index is 0.0111. The molecule has 2 aromatic rings. The summed E-state index contributed by atoms with van der Waals surface area (Å²) in [5.41, 5.74) is 3.18. The highest BCUT2D eigenvalue weighted by Gasteiger charge is 2.09. The lowest BCUT2D eigenvalue weighted by atomic mass is 10.1. The summed E-state index contributed by atoms with van der Waals surface area (Å²) in [6.45, 7) is 6.09. The molecule has 1 aromatic heterocycles. The highest BCUT2D eigenvalue weighted by atomic mass is 16.2. The van der Waals surface area contributed by atoms with Crippen LogP contribution in [-0.2, 0) is 11.3 Å². The van der Waals surface area contributed by atoms with E-state index >= 15 is 0 Å². The molecule has 0 unspecified atom stereocenters. The topological polar surface area (TPSA) is 63.1 Å². The predicted octanol–water partition coefficient (Wildman–Crippen LogP) is 1.86. The molecule has 0 aliphatic heterocycles. The van der Waals surface area contributed by atoms with Crippen LogP contribution in [0, 0.1) is 13.8 Å². The molecule has 0 saturated carbocycles. The maximum absolute atomic E-state index is 12.1. The lowest BCUT2D eigenvalue weighted by Gasteiger charge is -2.17. The Bertz CT molecular complexity index is 609. The van der Waals surface area contributed by atoms with Gasteiger partial charge >= 0.3 is 0 Å². The van der Waals surface area contributed by atoms with Crippen molar-refractivity contribution in [1.29, 1.82) is 0 Å². The number of carbonyl (C=O) groups excluding carboxylic acids is 1. The number of aryl methyl sites for hydroxylation is 2. The van der Waals surface area contributed by atoms with Crippen molar-refractivity contribution in [1.82, 2.24) is 19.7 Å². The lowest BCUT2D eigenvalue weighted by Crippen LogP contribution is -2.31. The van der Waals surface area contributed by atoms with E-state index in [0.29, 0.717) is 6.54 Å². The van der Waals surface area contributed by atoms with Crippen molar-refractivity contribution in [2.24, 2.45) is 0 Å². The zero-order valence-corrected chi connectivity index (χ0v) is 13.4. The van der Waals surface area contributed by atoms with E-state index in [1.165, 1.54) is 11.9 Å². The molecule has 0 saturated heterocycles. The van der Waals surface area contributed by atoms with Gasteiger partial charge in [0.15, 0.2) is 0 Å². The van der Waals surface area contributed by atoms with Gasteiger partial charge in [-0.05, 0) is 44.5 Å². The van der Waals surface area contributed by atoms with Crippen LogP contribution in [0.15, 0.2) is 30.9 Å². The van der Waals surface area contributed by atoms with Crippen LogP contribution < -0.4 is 5.32 Å². The standard InChI is InChI=1S/C16H23N5O/c1-13-6-4-7-15(14(13)2)19-16(22)10-20(3)8-5-9-21-12-17-11-18-21/h4,6-7,11-12H,5,8-10H2,1-3H3,(H,19,22). The van der Waals surface area contributed by atoms with Crippen molar-refractivity contribution in [3.63, 3.8) is 0 Å². The first-order chi connectivity index (χ1) is 10.6. The number of hydrogen-bond acceptors (Lipinski definition) is 4. The van der Waals surface area contributed by atoms with Gasteiger partial charge in [-0.25, -0.2) is 4.98 Å². The minimum atomic E-state index is 0.0111. The highest BCUT2D eigenvalue weighted by molar-refractivity contribution is 5.93. The normalized spacial score (nSPS) is 10.9. The molecule has 118 valence electrons. The molecule has 0 spiro atoms. The van der Waals surface area contributed by atoms with E-state index in [1.54, 1.807) is 11.0 Å². The molecule has 1 amide bonds. The second kappa shape index (κ2) is 7.70. The number of anilines is 1. The monoisotopic (exact) mass is 301 g/mol. The Morgan fingerprint density at radius 1 is 1.36 bits per heavy atom. The number of rotatable bonds is 7. The summed E-state index contributed by atoms with van der Waals surface area (Å²) >= 11 is 0. The summed E-state index contributed by atoms with van der Waals surface area (Å²) in [4.78, 5) is 18.0. The first-order valence-corrected chi connectivity index (χ1v) is 7.43. The van der Waals surface area contributed by atoms with Crippen LogP contribution in [0.2, 0.25) is 0 Å². The molecule has 1 aromatic carbocycles. The molecule has 1 heterocycles. The van der Waals surface area contributed by atoms with E-state index < -0.39 is 0 Å². The van der Waals surface area contributed by atoms with Gasteiger partial charge in [-0.15, -0.1) is 0 Å². The highest BCUT2D eigenvalue weighted by Crippen LogP contribution is 2.17. The summed E-state index contributed by atoms with van der Waals surface area (Å²) in [6.07, 6.45) is 4.16. The number of carbonyl (C=O) groups is 1. The van der Waals surface area contributed by atoms with E-state index in [4.69, 9.17) is 0 Å². The molecule has 0 fully saturated rings. The van der Waals surface area contributed by atoms with E-state index in [2.05, 4.69) is 15.4 Å². The van der Waals surface area contributed by atoms with Crippen molar-refractivity contribution in [2.45, 2.75) is 26.8 Å². The average molecular weight is 301 g/mol. The van der Waals surface area contributed by atoms with Gasteiger partial charge in [-0.2, -0.15) is 5.10 Å². The summed E-state index contributed by atoms with van der Waals surface area (Å²) in [5, 5.41) is 7.03. The molecular weight excluding hydrogens is 278 g/mol. The Balaban J connectivity index is 1.75. The molecule has 0 aliphatic carbocycles. The zero-order chi connectivity index (χ0) is 15.9. The molecular formula is C16H23N5O. The number of hydrogen-bond donors (Lipinski definition) is 1. The number of aromatic nitrogens is 3. The number of benzene rings is 1. The third-order valence-electron chi connectivity index (χ3n) is 3.69. The fraction of sp³-hybridized carbons (Fsp3) is 0.438. The molecule has 0 aliphatic rings. The predicted molar refractivity (Wildman–Crippen MR) is 86.7 cm³/mol. The smallest absolute Gasteiger partial charge is 0.238 e. The minimum Gasteiger partial charge on any atom is -0.325 e. The van der Waals surface area contributed by atoms with Gasteiger partial charge in [0, 0.05) is 18.8 Å². The van der Waals surface area contributed by atoms with E-state index in [-0.39, 0.29) is 5.91 Å². The van der Waals surface area contributed by atoms with Crippen LogP contribution in [0.25, 0.3) is 0 Å². The van der Waals surface area contributed by atoms with Gasteiger partial charge in [0.2, 0.25) is 5.91 Å². The zero-order valence-electron chi connectivity index (χ0n) is 13.4. The fourth-order valence-electron chi connectivity index (χ4n) is 2.25. The molecule has 0 bridgehead atoms. The molecule has 6 nitrogen and oxygen atoms in total. The van der Waals surface area contributed by atoms with E-state index in [0.717, 1.165) is 30.8 Å². The van der Waals surface area contributed by atoms with E-state index in [9.17, 15) is 4.79 Å². The van der Waals surface area contributed by atoms with Crippen molar-refractivity contribution >= 4 is 11.6 Å². The van der Waals surface area contributed by atoms with Crippen LogP contribution in [0.4, 0.5) is 5.69 Å². The lowest BCUT2D eigenvalue weighted by molar-refractivity contribution is -0.117.